The van der Waals surface area contributed by atoms with Gasteiger partial charge in [0, 0.05) is 49.9 Å². The molecule has 2 atom stereocenters. The first-order valence-corrected chi connectivity index (χ1v) is 9.03. The van der Waals surface area contributed by atoms with Crippen LogP contribution in [0.4, 0.5) is 4.39 Å². The number of likely N-dealkylation sites (tertiary alicyclic amines) is 1. The molecule has 0 radical (unpaired) electrons. The molecular weight excluding hydrogens is 343 g/mol. The van der Waals surface area contributed by atoms with Crippen molar-refractivity contribution in [3.05, 3.63) is 93.7 Å². The van der Waals surface area contributed by atoms with E-state index in [1.807, 2.05) is 30.5 Å². The number of halogens is 1. The van der Waals surface area contributed by atoms with Crippen LogP contribution in [0.15, 0.2) is 59.7 Å². The number of pyridine rings is 1. The first-order valence-electron chi connectivity index (χ1n) is 9.03. The lowest BCUT2D eigenvalue weighted by molar-refractivity contribution is 0.322. The van der Waals surface area contributed by atoms with Gasteiger partial charge in [0.15, 0.2) is 0 Å². The second-order valence-electron chi connectivity index (χ2n) is 7.05. The van der Waals surface area contributed by atoms with Gasteiger partial charge in [0.2, 0.25) is 0 Å². The molecule has 0 amide bonds. The summed E-state index contributed by atoms with van der Waals surface area (Å²) in [4.78, 5) is 25.6. The molecule has 0 bridgehead atoms. The average Bonchev–Trinajstić information content (AvgIpc) is 3.06. The van der Waals surface area contributed by atoms with Gasteiger partial charge in [-0.15, -0.1) is 0 Å². The largest absolute Gasteiger partial charge is 0.311 e. The lowest BCUT2D eigenvalue weighted by atomic mass is 9.86. The summed E-state index contributed by atoms with van der Waals surface area (Å²) in [6, 6.07) is 12.4. The van der Waals surface area contributed by atoms with Crippen molar-refractivity contribution in [2.75, 3.05) is 13.1 Å². The van der Waals surface area contributed by atoms with E-state index in [2.05, 4.69) is 19.9 Å². The molecule has 1 N–H and O–H groups in total. The van der Waals surface area contributed by atoms with Crippen molar-refractivity contribution in [1.82, 2.24) is 19.9 Å². The van der Waals surface area contributed by atoms with E-state index in [1.54, 1.807) is 25.3 Å². The smallest absolute Gasteiger partial charge is 0.251 e. The van der Waals surface area contributed by atoms with Gasteiger partial charge in [-0.2, -0.15) is 0 Å². The highest BCUT2D eigenvalue weighted by Crippen LogP contribution is 2.40. The first-order chi connectivity index (χ1) is 13.1. The van der Waals surface area contributed by atoms with Gasteiger partial charge < -0.3 is 4.98 Å². The highest BCUT2D eigenvalue weighted by Gasteiger charge is 2.37. The van der Waals surface area contributed by atoms with Crippen LogP contribution >= 0.6 is 0 Å². The van der Waals surface area contributed by atoms with Gasteiger partial charge in [0.1, 0.15) is 11.6 Å². The molecule has 1 aliphatic heterocycles. The molecule has 0 spiro atoms. The Kier molecular flexibility index (Phi) is 4.81. The normalized spacial score (nSPS) is 20.1. The maximum atomic E-state index is 14.5. The zero-order chi connectivity index (χ0) is 18.8. The Morgan fingerprint density at radius 3 is 2.74 bits per heavy atom. The zero-order valence-electron chi connectivity index (χ0n) is 15.1. The molecule has 0 saturated carbocycles. The molecule has 1 saturated heterocycles. The van der Waals surface area contributed by atoms with E-state index >= 15 is 0 Å². The van der Waals surface area contributed by atoms with Crippen molar-refractivity contribution in [1.29, 1.82) is 0 Å². The lowest BCUT2D eigenvalue weighted by Crippen LogP contribution is -2.20. The van der Waals surface area contributed by atoms with Gasteiger partial charge in [0.05, 0.1) is 5.69 Å². The van der Waals surface area contributed by atoms with Gasteiger partial charge in [0.25, 0.3) is 5.56 Å². The Bertz CT molecular complexity index is 989. The third kappa shape index (κ3) is 3.80. The van der Waals surface area contributed by atoms with Crippen molar-refractivity contribution in [3.8, 4) is 0 Å². The van der Waals surface area contributed by atoms with Crippen LogP contribution in [0.2, 0.25) is 0 Å². The molecule has 138 valence electrons. The van der Waals surface area contributed by atoms with Crippen LogP contribution in [0, 0.1) is 12.7 Å². The molecular formula is C21H21FN4O. The number of aryl methyl sites for hydroxylation is 1. The summed E-state index contributed by atoms with van der Waals surface area (Å²) in [5.74, 6) is 0.268. The SMILES string of the molecule is Cc1nc([C@@H]2CN(Cc3cccnc3)C[C@H]2c2ccccc2F)cc(=O)[nH]1. The Morgan fingerprint density at radius 2 is 2.00 bits per heavy atom. The molecule has 5 nitrogen and oxygen atoms in total. The average molecular weight is 364 g/mol. The second kappa shape index (κ2) is 7.40. The molecule has 3 aromatic rings. The fourth-order valence-electron chi connectivity index (χ4n) is 3.95. The number of nitrogens with one attached hydrogen (secondary N) is 1. The van der Waals surface area contributed by atoms with Crippen LogP contribution in [-0.2, 0) is 6.54 Å². The molecule has 1 fully saturated rings. The molecule has 1 aliphatic rings. The summed E-state index contributed by atoms with van der Waals surface area (Å²) >= 11 is 0. The van der Waals surface area contributed by atoms with E-state index in [0.29, 0.717) is 24.5 Å². The van der Waals surface area contributed by atoms with Gasteiger partial charge in [-0.3, -0.25) is 14.7 Å². The van der Waals surface area contributed by atoms with Crippen molar-refractivity contribution < 1.29 is 4.39 Å². The fraction of sp³-hybridized carbons (Fsp3) is 0.286. The number of hydrogen-bond donors (Lipinski definition) is 1. The summed E-state index contributed by atoms with van der Waals surface area (Å²) in [5, 5.41) is 0. The predicted molar refractivity (Wildman–Crippen MR) is 101 cm³/mol. The summed E-state index contributed by atoms with van der Waals surface area (Å²) in [7, 11) is 0. The van der Waals surface area contributed by atoms with Crippen molar-refractivity contribution in [2.45, 2.75) is 25.3 Å². The van der Waals surface area contributed by atoms with E-state index in [9.17, 15) is 9.18 Å². The molecule has 4 rings (SSSR count). The van der Waals surface area contributed by atoms with E-state index in [0.717, 1.165) is 17.8 Å². The number of rotatable bonds is 4. The second-order valence-corrected chi connectivity index (χ2v) is 7.05. The van der Waals surface area contributed by atoms with Crippen molar-refractivity contribution >= 4 is 0 Å². The number of aromatic nitrogens is 3. The molecule has 6 heteroatoms. The summed E-state index contributed by atoms with van der Waals surface area (Å²) in [6.45, 7) is 3.92. The molecule has 0 aliphatic carbocycles. The summed E-state index contributed by atoms with van der Waals surface area (Å²) in [5.41, 5.74) is 2.34. The maximum Gasteiger partial charge on any atom is 0.251 e. The van der Waals surface area contributed by atoms with Gasteiger partial charge in [-0.1, -0.05) is 24.3 Å². The predicted octanol–water partition coefficient (Wildman–Crippen LogP) is 3.00. The van der Waals surface area contributed by atoms with Crippen molar-refractivity contribution in [3.63, 3.8) is 0 Å². The van der Waals surface area contributed by atoms with E-state index < -0.39 is 0 Å². The Hall–Kier alpha value is -2.86. The van der Waals surface area contributed by atoms with E-state index in [1.165, 1.54) is 6.07 Å². The van der Waals surface area contributed by atoms with Gasteiger partial charge in [-0.25, -0.2) is 9.37 Å². The topological polar surface area (TPSA) is 61.9 Å². The minimum atomic E-state index is -0.211. The van der Waals surface area contributed by atoms with Crippen LogP contribution in [0.1, 0.15) is 34.5 Å². The summed E-state index contributed by atoms with van der Waals surface area (Å²) in [6.07, 6.45) is 3.60. The zero-order valence-corrected chi connectivity index (χ0v) is 15.1. The minimum absolute atomic E-state index is 0.0421. The first kappa shape index (κ1) is 17.5. The van der Waals surface area contributed by atoms with Crippen molar-refractivity contribution in [2.24, 2.45) is 0 Å². The molecule has 2 aromatic heterocycles. The van der Waals surface area contributed by atoms with Crippen LogP contribution < -0.4 is 5.56 Å². The van der Waals surface area contributed by atoms with Gasteiger partial charge in [-0.05, 0) is 30.2 Å². The quantitative estimate of drug-likeness (QED) is 0.773. The molecule has 1 aromatic carbocycles. The maximum absolute atomic E-state index is 14.5. The number of benzene rings is 1. The number of H-pyrrole nitrogens is 1. The Balaban J connectivity index is 1.69. The number of aromatic amines is 1. The van der Waals surface area contributed by atoms with Crippen LogP contribution in [0.5, 0.6) is 0 Å². The summed E-state index contributed by atoms with van der Waals surface area (Å²) < 4.78 is 14.5. The Labute approximate surface area is 156 Å². The third-order valence-electron chi connectivity index (χ3n) is 5.09. The Morgan fingerprint density at radius 1 is 1.19 bits per heavy atom. The minimum Gasteiger partial charge on any atom is -0.311 e. The van der Waals surface area contributed by atoms with Crippen LogP contribution in [0.25, 0.3) is 0 Å². The molecule has 0 unspecified atom stereocenters. The highest BCUT2D eigenvalue weighted by atomic mass is 19.1. The molecule has 3 heterocycles. The number of hydrogen-bond acceptors (Lipinski definition) is 4. The lowest BCUT2D eigenvalue weighted by Gasteiger charge is -2.19. The van der Waals surface area contributed by atoms with Crippen LogP contribution in [0.3, 0.4) is 0 Å². The number of nitrogens with zero attached hydrogens (tertiary/aromatic N) is 3. The van der Waals surface area contributed by atoms with Gasteiger partial charge >= 0.3 is 0 Å². The standard InChI is InChI=1S/C21H21FN4O/c1-14-24-20(9-21(27)25-14)18-13-26(11-15-5-4-8-23-10-15)12-17(18)16-6-2-3-7-19(16)22/h2-10,17-18H,11-13H2,1H3,(H,24,25,27)/t17-,18+/m0/s1. The third-order valence-corrected chi connectivity index (χ3v) is 5.09. The molecule has 27 heavy (non-hydrogen) atoms. The van der Waals surface area contributed by atoms with E-state index in [-0.39, 0.29) is 23.2 Å². The van der Waals surface area contributed by atoms with E-state index in [4.69, 9.17) is 0 Å². The monoisotopic (exact) mass is 364 g/mol. The van der Waals surface area contributed by atoms with Crippen LogP contribution in [-0.4, -0.2) is 32.9 Å². The highest BCUT2D eigenvalue weighted by molar-refractivity contribution is 5.29. The fourth-order valence-corrected chi connectivity index (χ4v) is 3.95.